The van der Waals surface area contributed by atoms with Crippen LogP contribution < -0.4 is 0 Å². The van der Waals surface area contributed by atoms with E-state index in [1.807, 2.05) is 25.2 Å². The van der Waals surface area contributed by atoms with Crippen LogP contribution in [0.3, 0.4) is 0 Å². The lowest BCUT2D eigenvalue weighted by Gasteiger charge is -2.02. The molecule has 0 aliphatic heterocycles. The molecule has 0 heteroatoms. The molecule has 0 rings (SSSR count). The molecular weight excluding hydrogens is 204 g/mol. The predicted octanol–water partition coefficient (Wildman–Crippen LogP) is 5.53. The van der Waals surface area contributed by atoms with E-state index in [-0.39, 0.29) is 0 Å². The van der Waals surface area contributed by atoms with Gasteiger partial charge >= 0.3 is 0 Å². The summed E-state index contributed by atoms with van der Waals surface area (Å²) < 4.78 is 0. The molecule has 0 nitrogen and oxygen atoms in total. The Bertz CT molecular complexity index is 348. The first-order valence-electron chi connectivity index (χ1n) is 6.09. The maximum absolute atomic E-state index is 4.03. The van der Waals surface area contributed by atoms with Crippen LogP contribution in [0.25, 0.3) is 0 Å². The third-order valence-corrected chi connectivity index (χ3v) is 2.24. The van der Waals surface area contributed by atoms with Gasteiger partial charge in [-0.3, -0.25) is 0 Å². The molecule has 0 aromatic carbocycles. The highest BCUT2D eigenvalue weighted by Crippen LogP contribution is 2.13. The van der Waals surface area contributed by atoms with Gasteiger partial charge in [-0.2, -0.15) is 0 Å². The normalized spacial score (nSPS) is 12.2. The highest BCUT2D eigenvalue weighted by Gasteiger charge is 1.94. The fraction of sp³-hybridized carbons (Fsp3) is 0.294. The summed E-state index contributed by atoms with van der Waals surface area (Å²) in [6.07, 6.45) is 15.3. The zero-order valence-corrected chi connectivity index (χ0v) is 11.2. The lowest BCUT2D eigenvalue weighted by molar-refractivity contribution is 0.971. The topological polar surface area (TPSA) is 0 Å². The fourth-order valence-corrected chi connectivity index (χ4v) is 1.29. The van der Waals surface area contributed by atoms with Gasteiger partial charge in [-0.25, -0.2) is 0 Å². The quantitative estimate of drug-likeness (QED) is 0.479. The molecule has 0 aromatic heterocycles. The largest absolute Gasteiger partial charge is 0.0991 e. The minimum Gasteiger partial charge on any atom is -0.0991 e. The van der Waals surface area contributed by atoms with Crippen molar-refractivity contribution in [3.8, 4) is 0 Å². The SMILES string of the molecule is C=C/C=C(\C=C/CC)CCC(=C)/C=C\C(=C)C. The van der Waals surface area contributed by atoms with Gasteiger partial charge in [0.1, 0.15) is 0 Å². The van der Waals surface area contributed by atoms with E-state index in [0.717, 1.165) is 30.4 Å². The van der Waals surface area contributed by atoms with Gasteiger partial charge in [0.15, 0.2) is 0 Å². The zero-order valence-electron chi connectivity index (χ0n) is 11.2. The average Bonchev–Trinajstić information content (AvgIpc) is 2.30. The van der Waals surface area contributed by atoms with E-state index in [1.165, 1.54) is 5.57 Å². The van der Waals surface area contributed by atoms with Crippen molar-refractivity contribution in [1.29, 1.82) is 0 Å². The lowest BCUT2D eigenvalue weighted by Crippen LogP contribution is -1.82. The van der Waals surface area contributed by atoms with Crippen molar-refractivity contribution in [2.45, 2.75) is 33.1 Å². The van der Waals surface area contributed by atoms with Crippen molar-refractivity contribution in [2.75, 3.05) is 0 Å². The summed E-state index contributed by atoms with van der Waals surface area (Å²) >= 11 is 0. The van der Waals surface area contributed by atoms with Crippen LogP contribution in [0.5, 0.6) is 0 Å². The molecule has 0 saturated carbocycles. The Kier molecular flexibility index (Phi) is 8.77. The molecule has 17 heavy (non-hydrogen) atoms. The third-order valence-electron chi connectivity index (χ3n) is 2.24. The minimum atomic E-state index is 0.970. The van der Waals surface area contributed by atoms with Crippen LogP contribution in [0.1, 0.15) is 33.1 Å². The molecule has 0 aromatic rings. The summed E-state index contributed by atoms with van der Waals surface area (Å²) in [4.78, 5) is 0. The second-order valence-electron chi connectivity index (χ2n) is 4.13. The maximum atomic E-state index is 4.03. The first-order valence-corrected chi connectivity index (χ1v) is 6.09. The van der Waals surface area contributed by atoms with Gasteiger partial charge in [-0.1, -0.05) is 74.3 Å². The van der Waals surface area contributed by atoms with E-state index < -0.39 is 0 Å². The highest BCUT2D eigenvalue weighted by molar-refractivity contribution is 5.27. The van der Waals surface area contributed by atoms with Crippen LogP contribution in [-0.2, 0) is 0 Å². The number of allylic oxidation sites excluding steroid dienone is 9. The molecule has 0 heterocycles. The van der Waals surface area contributed by atoms with Crippen LogP contribution >= 0.6 is 0 Å². The summed E-state index contributed by atoms with van der Waals surface area (Å²) in [7, 11) is 0. The van der Waals surface area contributed by atoms with E-state index in [2.05, 4.69) is 44.9 Å². The number of hydrogen-bond acceptors (Lipinski definition) is 0. The van der Waals surface area contributed by atoms with Crippen LogP contribution in [0.15, 0.2) is 72.9 Å². The Balaban J connectivity index is 4.27. The van der Waals surface area contributed by atoms with E-state index in [0.29, 0.717) is 0 Å². The van der Waals surface area contributed by atoms with Crippen LogP contribution in [0.2, 0.25) is 0 Å². The molecule has 0 saturated heterocycles. The first-order chi connectivity index (χ1) is 8.10. The molecule has 0 unspecified atom stereocenters. The zero-order chi connectivity index (χ0) is 13.1. The second kappa shape index (κ2) is 9.65. The Morgan fingerprint density at radius 2 is 1.76 bits per heavy atom. The predicted molar refractivity (Wildman–Crippen MR) is 80.0 cm³/mol. The van der Waals surface area contributed by atoms with Crippen molar-refractivity contribution in [2.24, 2.45) is 0 Å². The van der Waals surface area contributed by atoms with Crippen LogP contribution in [0.4, 0.5) is 0 Å². The molecule has 0 radical (unpaired) electrons. The average molecular weight is 228 g/mol. The Labute approximate surface area is 106 Å². The number of hydrogen-bond donors (Lipinski definition) is 0. The van der Waals surface area contributed by atoms with Crippen molar-refractivity contribution in [3.05, 3.63) is 72.9 Å². The van der Waals surface area contributed by atoms with Gasteiger partial charge in [0.25, 0.3) is 0 Å². The smallest absolute Gasteiger partial charge is 0.0239 e. The standard InChI is InChI=1S/C17H24/c1-6-8-10-17(9-7-2)14-13-16(5)12-11-15(3)4/h7-12H,2-3,5-6,13-14H2,1,4H3/b10-8-,12-11-,17-9+. The molecule has 0 aliphatic carbocycles. The summed E-state index contributed by atoms with van der Waals surface area (Å²) in [5, 5.41) is 0. The van der Waals surface area contributed by atoms with Gasteiger partial charge in [0, 0.05) is 0 Å². The molecule has 0 N–H and O–H groups in total. The lowest BCUT2D eigenvalue weighted by atomic mass is 10.0. The molecule has 0 atom stereocenters. The molecule has 0 bridgehead atoms. The minimum absolute atomic E-state index is 0.970. The second-order valence-corrected chi connectivity index (χ2v) is 4.13. The van der Waals surface area contributed by atoms with Crippen molar-refractivity contribution in [1.82, 2.24) is 0 Å². The van der Waals surface area contributed by atoms with Gasteiger partial charge in [0.2, 0.25) is 0 Å². The number of rotatable bonds is 8. The molecule has 0 spiro atoms. The van der Waals surface area contributed by atoms with E-state index >= 15 is 0 Å². The summed E-state index contributed by atoms with van der Waals surface area (Å²) in [6.45, 7) is 15.7. The van der Waals surface area contributed by atoms with Crippen molar-refractivity contribution in [3.63, 3.8) is 0 Å². The molecule has 92 valence electrons. The molecular formula is C17H24. The van der Waals surface area contributed by atoms with Gasteiger partial charge in [-0.05, 0) is 31.8 Å². The van der Waals surface area contributed by atoms with Gasteiger partial charge in [0.05, 0.1) is 0 Å². The monoisotopic (exact) mass is 228 g/mol. The molecule has 0 aliphatic rings. The Morgan fingerprint density at radius 1 is 1.06 bits per heavy atom. The first kappa shape index (κ1) is 15.4. The maximum Gasteiger partial charge on any atom is -0.0239 e. The van der Waals surface area contributed by atoms with E-state index in [1.54, 1.807) is 0 Å². The van der Waals surface area contributed by atoms with Crippen molar-refractivity contribution < 1.29 is 0 Å². The Hall–Kier alpha value is -1.56. The van der Waals surface area contributed by atoms with Gasteiger partial charge in [-0.15, -0.1) is 0 Å². The summed E-state index contributed by atoms with van der Waals surface area (Å²) in [5.74, 6) is 0. The fourth-order valence-electron chi connectivity index (χ4n) is 1.29. The van der Waals surface area contributed by atoms with Crippen LogP contribution in [-0.4, -0.2) is 0 Å². The summed E-state index contributed by atoms with van der Waals surface area (Å²) in [6, 6.07) is 0. The van der Waals surface area contributed by atoms with Crippen LogP contribution in [0, 0.1) is 0 Å². The molecule has 0 fully saturated rings. The molecule has 0 amide bonds. The third kappa shape index (κ3) is 9.37. The highest BCUT2D eigenvalue weighted by atomic mass is 14.0. The van der Waals surface area contributed by atoms with Crippen molar-refractivity contribution >= 4 is 0 Å². The summed E-state index contributed by atoms with van der Waals surface area (Å²) in [5.41, 5.74) is 3.48. The van der Waals surface area contributed by atoms with E-state index in [4.69, 9.17) is 0 Å². The Morgan fingerprint density at radius 3 is 2.29 bits per heavy atom. The van der Waals surface area contributed by atoms with Gasteiger partial charge < -0.3 is 0 Å². The van der Waals surface area contributed by atoms with E-state index in [9.17, 15) is 0 Å².